The highest BCUT2D eigenvalue weighted by Gasteiger charge is 2.46. The number of aliphatic carboxylic acids is 1. The van der Waals surface area contributed by atoms with Crippen LogP contribution in [-0.4, -0.2) is 52.7 Å². The summed E-state index contributed by atoms with van der Waals surface area (Å²) in [4.78, 5) is 39.8. The Bertz CT molecular complexity index is 1070. The number of benzene rings is 2. The molecular formula is C28H34N2O5. The van der Waals surface area contributed by atoms with Crippen molar-refractivity contribution in [2.45, 2.75) is 64.0 Å². The molecule has 0 bridgehead atoms. The van der Waals surface area contributed by atoms with Crippen LogP contribution >= 0.6 is 0 Å². The second kappa shape index (κ2) is 10.1. The lowest BCUT2D eigenvalue weighted by atomic mass is 9.87. The molecule has 2 unspecified atom stereocenters. The summed E-state index contributed by atoms with van der Waals surface area (Å²) >= 11 is 0. The summed E-state index contributed by atoms with van der Waals surface area (Å²) in [7, 11) is 0. The number of hydrogen-bond acceptors (Lipinski definition) is 4. The van der Waals surface area contributed by atoms with Crippen molar-refractivity contribution < 1.29 is 24.2 Å². The highest BCUT2D eigenvalue weighted by Crippen LogP contribution is 2.44. The summed E-state index contributed by atoms with van der Waals surface area (Å²) in [6.45, 7) is 6.03. The van der Waals surface area contributed by atoms with Gasteiger partial charge < -0.3 is 20.1 Å². The molecule has 2 amide bonds. The summed E-state index contributed by atoms with van der Waals surface area (Å²) in [5.41, 5.74) is 3.24. The van der Waals surface area contributed by atoms with Gasteiger partial charge in [0.2, 0.25) is 5.91 Å². The smallest absolute Gasteiger partial charge is 0.407 e. The SMILES string of the molecule is CC(C)CC(NC(=O)OCC1c2ccccc2-c2ccccc21)C(=O)N1CCCCC1(C)C(=O)O. The maximum absolute atomic E-state index is 13.5. The van der Waals surface area contributed by atoms with Gasteiger partial charge >= 0.3 is 12.1 Å². The summed E-state index contributed by atoms with van der Waals surface area (Å²) < 4.78 is 5.65. The molecule has 0 aromatic heterocycles. The Morgan fingerprint density at radius 2 is 1.66 bits per heavy atom. The molecule has 186 valence electrons. The van der Waals surface area contributed by atoms with E-state index in [-0.39, 0.29) is 24.3 Å². The van der Waals surface area contributed by atoms with Gasteiger partial charge in [0.25, 0.3) is 0 Å². The molecule has 2 aromatic carbocycles. The first-order valence-corrected chi connectivity index (χ1v) is 12.4. The number of alkyl carbamates (subject to hydrolysis) is 1. The standard InChI is InChI=1S/C28H34N2O5/c1-18(2)16-24(25(31)30-15-9-8-14-28(30,3)26(32)33)29-27(34)35-17-23-21-12-6-4-10-19(21)20-11-5-7-13-22(20)23/h4-7,10-13,18,23-24H,8-9,14-17H2,1-3H3,(H,29,34)(H,32,33). The first-order chi connectivity index (χ1) is 16.7. The van der Waals surface area contributed by atoms with E-state index in [1.54, 1.807) is 6.92 Å². The van der Waals surface area contributed by atoms with Crippen LogP contribution in [0.3, 0.4) is 0 Å². The van der Waals surface area contributed by atoms with E-state index in [9.17, 15) is 19.5 Å². The molecule has 1 aliphatic carbocycles. The Morgan fingerprint density at radius 3 is 2.23 bits per heavy atom. The molecule has 1 fully saturated rings. The molecule has 7 nitrogen and oxygen atoms in total. The zero-order valence-electron chi connectivity index (χ0n) is 20.6. The third-order valence-electron chi connectivity index (χ3n) is 7.26. The number of nitrogens with one attached hydrogen (secondary N) is 1. The molecule has 2 aromatic rings. The number of amides is 2. The molecule has 0 saturated carbocycles. The van der Waals surface area contributed by atoms with E-state index >= 15 is 0 Å². The van der Waals surface area contributed by atoms with E-state index in [0.717, 1.165) is 35.1 Å². The third kappa shape index (κ3) is 4.90. The predicted molar refractivity (Wildman–Crippen MR) is 133 cm³/mol. The number of carboxylic acid groups (broad SMARTS) is 1. The zero-order valence-corrected chi connectivity index (χ0v) is 20.6. The first-order valence-electron chi connectivity index (χ1n) is 12.4. The normalized spacial score (nSPS) is 20.2. The van der Waals surface area contributed by atoms with E-state index in [4.69, 9.17) is 4.74 Å². The van der Waals surface area contributed by atoms with Crippen LogP contribution in [0, 0.1) is 5.92 Å². The minimum atomic E-state index is -1.27. The molecule has 4 rings (SSSR count). The van der Waals surface area contributed by atoms with Gasteiger partial charge in [-0.3, -0.25) is 4.79 Å². The molecule has 1 saturated heterocycles. The number of ether oxygens (including phenoxy) is 1. The van der Waals surface area contributed by atoms with Gasteiger partial charge in [-0.1, -0.05) is 62.4 Å². The van der Waals surface area contributed by atoms with Crippen LogP contribution in [0.5, 0.6) is 0 Å². The summed E-state index contributed by atoms with van der Waals surface area (Å²) in [6.07, 6.45) is 1.62. The van der Waals surface area contributed by atoms with Crippen LogP contribution in [0.4, 0.5) is 4.79 Å². The van der Waals surface area contributed by atoms with E-state index in [1.165, 1.54) is 4.90 Å². The van der Waals surface area contributed by atoms with Crippen molar-refractivity contribution in [3.05, 3.63) is 59.7 Å². The van der Waals surface area contributed by atoms with Gasteiger partial charge in [0.1, 0.15) is 18.2 Å². The Balaban J connectivity index is 1.47. The second-order valence-corrected chi connectivity index (χ2v) is 10.2. The fourth-order valence-electron chi connectivity index (χ4n) is 5.36. The topological polar surface area (TPSA) is 95.9 Å². The molecule has 2 N–H and O–H groups in total. The van der Waals surface area contributed by atoms with Gasteiger partial charge in [0.15, 0.2) is 0 Å². The lowest BCUT2D eigenvalue weighted by Gasteiger charge is -2.43. The Hall–Kier alpha value is -3.35. The van der Waals surface area contributed by atoms with Crippen LogP contribution in [-0.2, 0) is 14.3 Å². The van der Waals surface area contributed by atoms with Crippen LogP contribution in [0.25, 0.3) is 11.1 Å². The van der Waals surface area contributed by atoms with Crippen LogP contribution in [0.15, 0.2) is 48.5 Å². The lowest BCUT2D eigenvalue weighted by molar-refractivity contribution is -0.162. The minimum absolute atomic E-state index is 0.0789. The number of nitrogens with zero attached hydrogens (tertiary/aromatic N) is 1. The van der Waals surface area contributed by atoms with Crippen LogP contribution in [0.2, 0.25) is 0 Å². The summed E-state index contributed by atoms with van der Waals surface area (Å²) in [5, 5.41) is 12.6. The van der Waals surface area contributed by atoms with Gasteiger partial charge in [-0.15, -0.1) is 0 Å². The Kier molecular flexibility index (Phi) is 7.15. The molecule has 7 heteroatoms. The quantitative estimate of drug-likeness (QED) is 0.596. The van der Waals surface area contributed by atoms with Crippen molar-refractivity contribution in [3.8, 4) is 11.1 Å². The maximum Gasteiger partial charge on any atom is 0.407 e. The van der Waals surface area contributed by atoms with E-state index in [2.05, 4.69) is 29.6 Å². The lowest BCUT2D eigenvalue weighted by Crippen LogP contribution is -2.62. The van der Waals surface area contributed by atoms with Crippen molar-refractivity contribution in [3.63, 3.8) is 0 Å². The first kappa shape index (κ1) is 24.8. The number of carboxylic acids is 1. The van der Waals surface area contributed by atoms with Crippen molar-refractivity contribution in [1.82, 2.24) is 10.2 Å². The average molecular weight is 479 g/mol. The van der Waals surface area contributed by atoms with Crippen molar-refractivity contribution in [2.75, 3.05) is 13.2 Å². The van der Waals surface area contributed by atoms with Crippen molar-refractivity contribution in [2.24, 2.45) is 5.92 Å². The molecule has 35 heavy (non-hydrogen) atoms. The van der Waals surface area contributed by atoms with Crippen LogP contribution in [0.1, 0.15) is 63.5 Å². The van der Waals surface area contributed by atoms with E-state index < -0.39 is 23.6 Å². The summed E-state index contributed by atoms with van der Waals surface area (Å²) in [6, 6.07) is 15.4. The van der Waals surface area contributed by atoms with Gasteiger partial charge in [0, 0.05) is 12.5 Å². The number of piperidine rings is 1. The largest absolute Gasteiger partial charge is 0.480 e. The number of likely N-dealkylation sites (tertiary alicyclic amines) is 1. The molecular weight excluding hydrogens is 444 g/mol. The van der Waals surface area contributed by atoms with Crippen molar-refractivity contribution in [1.29, 1.82) is 0 Å². The Morgan fingerprint density at radius 1 is 1.06 bits per heavy atom. The molecule has 0 spiro atoms. The average Bonchev–Trinajstić information content (AvgIpc) is 3.15. The highest BCUT2D eigenvalue weighted by atomic mass is 16.5. The van der Waals surface area contributed by atoms with Crippen molar-refractivity contribution >= 4 is 18.0 Å². The van der Waals surface area contributed by atoms with Gasteiger partial charge in [0.05, 0.1) is 0 Å². The number of rotatable bonds is 7. The fraction of sp³-hybridized carbons (Fsp3) is 0.464. The van der Waals surface area contributed by atoms with E-state index in [1.807, 2.05) is 38.1 Å². The van der Waals surface area contributed by atoms with Gasteiger partial charge in [-0.25, -0.2) is 9.59 Å². The molecule has 2 atom stereocenters. The monoisotopic (exact) mass is 478 g/mol. The second-order valence-electron chi connectivity index (χ2n) is 10.2. The summed E-state index contributed by atoms with van der Waals surface area (Å²) in [5.74, 6) is -1.34. The molecule has 1 aliphatic heterocycles. The molecule has 2 aliphatic rings. The predicted octanol–water partition coefficient (Wildman–Crippen LogP) is 4.80. The number of carbonyl (C=O) groups is 3. The van der Waals surface area contributed by atoms with E-state index in [0.29, 0.717) is 19.4 Å². The number of hydrogen-bond donors (Lipinski definition) is 2. The minimum Gasteiger partial charge on any atom is -0.480 e. The highest BCUT2D eigenvalue weighted by molar-refractivity contribution is 5.91. The van der Waals surface area contributed by atoms with Gasteiger partial charge in [-0.05, 0) is 60.8 Å². The van der Waals surface area contributed by atoms with Crippen LogP contribution < -0.4 is 5.32 Å². The Labute approximate surface area is 206 Å². The maximum atomic E-state index is 13.5. The number of carbonyl (C=O) groups excluding carboxylic acids is 2. The third-order valence-corrected chi connectivity index (χ3v) is 7.26. The molecule has 0 radical (unpaired) electrons. The zero-order chi connectivity index (χ0) is 25.2. The molecule has 1 heterocycles. The fourth-order valence-corrected chi connectivity index (χ4v) is 5.36. The van der Waals surface area contributed by atoms with Gasteiger partial charge in [-0.2, -0.15) is 0 Å². The number of fused-ring (bicyclic) bond motifs is 3.